The van der Waals surface area contributed by atoms with E-state index in [-0.39, 0.29) is 0 Å². The normalized spacial score (nSPS) is 33.2. The van der Waals surface area contributed by atoms with Crippen molar-refractivity contribution < 1.29 is 0 Å². The van der Waals surface area contributed by atoms with Crippen LogP contribution in [0, 0.1) is 64.1 Å². The quantitative estimate of drug-likeness (QED) is 0.189. The van der Waals surface area contributed by atoms with Crippen LogP contribution in [0.25, 0.3) is 0 Å². The Hall–Kier alpha value is 0. The molecule has 0 amide bonds. The molecule has 300 valence electrons. The van der Waals surface area contributed by atoms with E-state index < -0.39 is 0 Å². The minimum atomic E-state index is 0.649. The van der Waals surface area contributed by atoms with Gasteiger partial charge in [0.2, 0.25) is 0 Å². The van der Waals surface area contributed by atoms with Crippen LogP contribution < -0.4 is 0 Å². The second-order valence-electron chi connectivity index (χ2n) is 16.8. The van der Waals surface area contributed by atoms with Gasteiger partial charge in [-0.15, -0.1) is 0 Å². The third-order valence-corrected chi connectivity index (χ3v) is 13.8. The Morgan fingerprint density at radius 2 is 1.04 bits per heavy atom. The minimum Gasteiger partial charge on any atom is -0.0683 e. The van der Waals surface area contributed by atoms with Gasteiger partial charge in [-0.2, -0.15) is 0 Å². The van der Waals surface area contributed by atoms with Gasteiger partial charge in [-0.25, -0.2) is 0 Å². The molecule has 0 aromatic heterocycles. The smallest absolute Gasteiger partial charge is 0.0264 e. The molecule has 0 heteroatoms. The molecular weight excluding hydrogens is 589 g/mol. The van der Waals surface area contributed by atoms with E-state index in [0.717, 1.165) is 53.3 Å². The van der Waals surface area contributed by atoms with E-state index in [1.165, 1.54) is 89.9 Å². The summed E-state index contributed by atoms with van der Waals surface area (Å²) in [5, 5.41) is 0. The van der Waals surface area contributed by atoms with Crippen molar-refractivity contribution in [3.05, 3.63) is 0 Å². The molecule has 4 aliphatic carbocycles. The first-order valence-corrected chi connectivity index (χ1v) is 23.5. The molecule has 0 heterocycles. The number of hydrogen-bond acceptors (Lipinski definition) is 0. The summed E-state index contributed by atoms with van der Waals surface area (Å²) in [6, 6.07) is 0. The second kappa shape index (κ2) is 31.5. The Labute approximate surface area is 316 Å². The van der Waals surface area contributed by atoms with Crippen molar-refractivity contribution in [2.45, 2.75) is 254 Å². The van der Waals surface area contributed by atoms with Crippen LogP contribution in [-0.2, 0) is 0 Å². The molecule has 0 bridgehead atoms. The van der Waals surface area contributed by atoms with E-state index in [4.69, 9.17) is 0 Å². The van der Waals surface area contributed by atoms with E-state index in [1.54, 1.807) is 32.1 Å². The number of rotatable bonds is 11. The Bertz CT molecular complexity index is 674. The molecular formula is C49H104. The van der Waals surface area contributed by atoms with Gasteiger partial charge in [0, 0.05) is 0 Å². The first-order valence-electron chi connectivity index (χ1n) is 23.5. The average Bonchev–Trinajstić information content (AvgIpc) is 3.49. The Morgan fingerprint density at radius 1 is 0.551 bits per heavy atom. The van der Waals surface area contributed by atoms with Crippen LogP contribution in [0.3, 0.4) is 0 Å². The molecule has 0 saturated heterocycles. The Morgan fingerprint density at radius 3 is 1.51 bits per heavy atom. The lowest BCUT2D eigenvalue weighted by Crippen LogP contribution is -2.56. The molecule has 49 heavy (non-hydrogen) atoms. The van der Waals surface area contributed by atoms with Gasteiger partial charge in [0.1, 0.15) is 0 Å². The molecule has 4 aliphatic rings. The summed E-state index contributed by atoms with van der Waals surface area (Å²) >= 11 is 0. The molecule has 0 aromatic rings. The van der Waals surface area contributed by atoms with Gasteiger partial charge >= 0.3 is 0 Å². The fourth-order valence-electron chi connectivity index (χ4n) is 10.9. The lowest BCUT2D eigenvalue weighted by atomic mass is 9.42. The largest absolute Gasteiger partial charge is 0.0683 e. The van der Waals surface area contributed by atoms with Crippen molar-refractivity contribution in [1.29, 1.82) is 0 Å². The molecule has 0 aliphatic heterocycles. The number of fused-ring (bicyclic) bond motifs is 5. The van der Waals surface area contributed by atoms with Crippen LogP contribution in [0.2, 0.25) is 0 Å². The zero-order valence-electron chi connectivity index (χ0n) is 38.6. The van der Waals surface area contributed by atoms with Crippen molar-refractivity contribution in [1.82, 2.24) is 0 Å². The molecule has 11 atom stereocenters. The van der Waals surface area contributed by atoms with Crippen LogP contribution in [0.4, 0.5) is 0 Å². The molecule has 0 radical (unpaired) electrons. The summed E-state index contributed by atoms with van der Waals surface area (Å²) in [7, 11) is 0. The molecule has 10 unspecified atom stereocenters. The lowest BCUT2D eigenvalue weighted by molar-refractivity contribution is -0.142. The van der Waals surface area contributed by atoms with Crippen LogP contribution in [0.1, 0.15) is 254 Å². The third kappa shape index (κ3) is 16.7. The number of unbranched alkanes of at least 4 members (excludes halogenated alkanes) is 5. The first-order chi connectivity index (χ1) is 23.5. The molecule has 4 saturated carbocycles. The van der Waals surface area contributed by atoms with Gasteiger partial charge in [0.25, 0.3) is 0 Å². The van der Waals surface area contributed by atoms with Crippen molar-refractivity contribution >= 4 is 0 Å². The molecule has 0 aromatic carbocycles. The summed E-state index contributed by atoms with van der Waals surface area (Å²) in [4.78, 5) is 0. The highest BCUT2D eigenvalue weighted by Gasteiger charge is 2.62. The van der Waals surface area contributed by atoms with E-state index in [0.29, 0.717) is 10.8 Å². The number of hydrogen-bond donors (Lipinski definition) is 0. The van der Waals surface area contributed by atoms with Crippen LogP contribution in [-0.4, -0.2) is 0 Å². The monoisotopic (exact) mass is 693 g/mol. The minimum absolute atomic E-state index is 0.649. The van der Waals surface area contributed by atoms with E-state index in [9.17, 15) is 0 Å². The predicted molar refractivity (Wildman–Crippen MR) is 232 cm³/mol. The summed E-state index contributed by atoms with van der Waals surface area (Å²) in [5.74, 6) is 8.96. The highest BCUT2D eigenvalue weighted by molar-refractivity contribution is 5.10. The highest BCUT2D eigenvalue weighted by Crippen LogP contribution is 2.69. The maximum Gasteiger partial charge on any atom is -0.0264 e. The van der Waals surface area contributed by atoms with Crippen LogP contribution >= 0.6 is 0 Å². The highest BCUT2D eigenvalue weighted by atomic mass is 14.7. The molecule has 4 fully saturated rings. The van der Waals surface area contributed by atoms with Crippen molar-refractivity contribution in [3.63, 3.8) is 0 Å². The zero-order valence-corrected chi connectivity index (χ0v) is 38.6. The Balaban J connectivity index is -0.000000933. The SMILES string of the molecule is CC.CC.CC.CC.CCC(C)CCCC(C)C1CCC2C3C(CCC12C)C1(C)CCC(C)CC1C[C@H]3C.CCCCC.CCCCCC. The van der Waals surface area contributed by atoms with Crippen LogP contribution in [0.15, 0.2) is 0 Å². The van der Waals surface area contributed by atoms with Gasteiger partial charge in [-0.1, -0.05) is 209 Å². The van der Waals surface area contributed by atoms with E-state index >= 15 is 0 Å². The summed E-state index contributed by atoms with van der Waals surface area (Å²) in [6.45, 7) is 43.0. The van der Waals surface area contributed by atoms with E-state index in [2.05, 4.69) is 76.2 Å². The zero-order chi connectivity index (χ0) is 38.6. The molecule has 0 spiro atoms. The van der Waals surface area contributed by atoms with Crippen LogP contribution in [0.5, 0.6) is 0 Å². The topological polar surface area (TPSA) is 0 Å². The second-order valence-corrected chi connectivity index (χ2v) is 16.8. The Kier molecular flexibility index (Phi) is 34.3. The van der Waals surface area contributed by atoms with E-state index in [1.807, 2.05) is 55.4 Å². The molecule has 4 rings (SSSR count). The lowest BCUT2D eigenvalue weighted by Gasteiger charge is -2.63. The predicted octanol–water partition coefficient (Wildman–Crippen LogP) is 18.3. The first kappa shape index (κ1) is 53.4. The standard InChI is InChI=1S/C30H54.C6H14.C5H12.4C2H6/c1-8-20(2)10-9-11-22(4)25-12-13-26-28-23(5)19-24-18-21(3)14-16-29(24,6)27(28)15-17-30(25,26)7;1-3-5-6-4-2;1-3-5-4-2;4*1-2/h20-28H,8-19H2,1-7H3;3-6H2,1-2H3;3-5H2,1-2H3;4*1-2H3/t20?,21?,22?,23-,24?,25?,26?,27?,28?,29?,30?;;;;;;/m1....../s1. The van der Waals surface area contributed by atoms with Gasteiger partial charge in [-0.3, -0.25) is 0 Å². The van der Waals surface area contributed by atoms with Crippen molar-refractivity contribution in [2.75, 3.05) is 0 Å². The fourth-order valence-corrected chi connectivity index (χ4v) is 10.9. The summed E-state index contributed by atoms with van der Waals surface area (Å²) in [6.07, 6.45) is 27.7. The molecule has 0 nitrogen and oxygen atoms in total. The van der Waals surface area contributed by atoms with Gasteiger partial charge in [0.15, 0.2) is 0 Å². The summed E-state index contributed by atoms with van der Waals surface area (Å²) < 4.78 is 0. The van der Waals surface area contributed by atoms with Gasteiger partial charge < -0.3 is 0 Å². The maximum absolute atomic E-state index is 2.76. The van der Waals surface area contributed by atoms with Gasteiger partial charge in [0.05, 0.1) is 0 Å². The van der Waals surface area contributed by atoms with Gasteiger partial charge in [-0.05, 0) is 109 Å². The fraction of sp³-hybridized carbons (Fsp3) is 1.00. The average molecular weight is 693 g/mol. The molecule has 0 N–H and O–H groups in total. The van der Waals surface area contributed by atoms with Crippen molar-refractivity contribution in [3.8, 4) is 0 Å². The third-order valence-electron chi connectivity index (χ3n) is 13.8. The maximum atomic E-state index is 2.76. The van der Waals surface area contributed by atoms with Crippen molar-refractivity contribution in [2.24, 2.45) is 64.1 Å². The summed E-state index contributed by atoms with van der Waals surface area (Å²) in [5.41, 5.74) is 1.32.